The molecule has 14 heavy (non-hydrogen) atoms. The van der Waals surface area contributed by atoms with Crippen LogP contribution in [0.3, 0.4) is 0 Å². The Bertz CT molecular complexity index is 257. The molecule has 0 saturated carbocycles. The average molecular weight is 202 g/mol. The molecule has 0 spiro atoms. The van der Waals surface area contributed by atoms with Crippen LogP contribution in [0.4, 0.5) is 4.79 Å². The third-order valence-corrected chi connectivity index (χ3v) is 1.44. The Morgan fingerprint density at radius 1 is 1.64 bits per heavy atom. The first-order valence-corrected chi connectivity index (χ1v) is 4.01. The standard InChI is InChI=1S/C8H10O6/c9-7(10)2-4-12-3-1-6-5-13-8(11)14-6/h1H,2-5H2,(H,9,10)/b6-1-. The van der Waals surface area contributed by atoms with Crippen molar-refractivity contribution in [1.82, 2.24) is 0 Å². The third-order valence-electron chi connectivity index (χ3n) is 1.44. The Morgan fingerprint density at radius 3 is 3.00 bits per heavy atom. The van der Waals surface area contributed by atoms with E-state index in [0.717, 1.165) is 0 Å². The van der Waals surface area contributed by atoms with Crippen molar-refractivity contribution in [1.29, 1.82) is 0 Å². The molecule has 0 bridgehead atoms. The lowest BCUT2D eigenvalue weighted by atomic mass is 10.4. The van der Waals surface area contributed by atoms with Crippen molar-refractivity contribution in [3.05, 3.63) is 11.8 Å². The quantitative estimate of drug-likeness (QED) is 0.517. The number of carbonyl (C=O) groups is 2. The van der Waals surface area contributed by atoms with Gasteiger partial charge in [-0.15, -0.1) is 0 Å². The van der Waals surface area contributed by atoms with Gasteiger partial charge in [0.25, 0.3) is 0 Å². The van der Waals surface area contributed by atoms with Gasteiger partial charge in [-0.2, -0.15) is 0 Å². The SMILES string of the molecule is O=C(O)CCOC/C=C1/COC(=O)O1. The summed E-state index contributed by atoms with van der Waals surface area (Å²) in [4.78, 5) is 20.5. The van der Waals surface area contributed by atoms with Crippen LogP contribution in [-0.4, -0.2) is 37.1 Å². The van der Waals surface area contributed by atoms with E-state index in [9.17, 15) is 9.59 Å². The van der Waals surface area contributed by atoms with Gasteiger partial charge in [0, 0.05) is 0 Å². The maximum absolute atomic E-state index is 10.4. The molecular formula is C8H10O6. The molecule has 1 heterocycles. The van der Waals surface area contributed by atoms with Crippen molar-refractivity contribution in [2.45, 2.75) is 6.42 Å². The van der Waals surface area contributed by atoms with Crippen LogP contribution >= 0.6 is 0 Å². The highest BCUT2D eigenvalue weighted by atomic mass is 16.8. The van der Waals surface area contributed by atoms with Crippen LogP contribution in [0.15, 0.2) is 11.8 Å². The van der Waals surface area contributed by atoms with Gasteiger partial charge in [-0.3, -0.25) is 4.79 Å². The smallest absolute Gasteiger partial charge is 0.481 e. The fraction of sp³-hybridized carbons (Fsp3) is 0.500. The molecule has 0 aromatic heterocycles. The number of hydrogen-bond donors (Lipinski definition) is 1. The summed E-state index contributed by atoms with van der Waals surface area (Å²) in [5.74, 6) is -0.515. The maximum atomic E-state index is 10.4. The molecule has 1 fully saturated rings. The van der Waals surface area contributed by atoms with Gasteiger partial charge in [-0.25, -0.2) is 4.79 Å². The molecule has 0 radical (unpaired) electrons. The van der Waals surface area contributed by atoms with Crippen molar-refractivity contribution in [2.75, 3.05) is 19.8 Å². The monoisotopic (exact) mass is 202 g/mol. The number of carboxylic acid groups (broad SMARTS) is 1. The molecule has 0 unspecified atom stereocenters. The van der Waals surface area contributed by atoms with E-state index in [1.165, 1.54) is 6.08 Å². The van der Waals surface area contributed by atoms with Crippen LogP contribution in [-0.2, 0) is 19.0 Å². The minimum atomic E-state index is -0.909. The van der Waals surface area contributed by atoms with Gasteiger partial charge < -0.3 is 19.3 Å². The molecule has 1 saturated heterocycles. The minimum absolute atomic E-state index is 0.0422. The number of carbonyl (C=O) groups excluding carboxylic acids is 1. The molecule has 1 aliphatic rings. The van der Waals surface area contributed by atoms with E-state index < -0.39 is 12.1 Å². The van der Waals surface area contributed by atoms with Crippen LogP contribution in [0, 0.1) is 0 Å². The fourth-order valence-electron chi connectivity index (χ4n) is 0.791. The second-order valence-corrected chi connectivity index (χ2v) is 2.53. The number of rotatable bonds is 5. The van der Waals surface area contributed by atoms with Crippen molar-refractivity contribution >= 4 is 12.1 Å². The van der Waals surface area contributed by atoms with Crippen LogP contribution in [0.5, 0.6) is 0 Å². The first kappa shape index (κ1) is 10.5. The topological polar surface area (TPSA) is 82.1 Å². The second kappa shape index (κ2) is 5.23. The van der Waals surface area contributed by atoms with Crippen LogP contribution in [0.1, 0.15) is 6.42 Å². The summed E-state index contributed by atoms with van der Waals surface area (Å²) in [7, 11) is 0. The average Bonchev–Trinajstić information content (AvgIpc) is 2.50. The molecule has 1 aliphatic heterocycles. The normalized spacial score (nSPS) is 18.0. The van der Waals surface area contributed by atoms with Gasteiger partial charge in [0.05, 0.1) is 19.6 Å². The van der Waals surface area contributed by atoms with Crippen molar-refractivity contribution in [3.8, 4) is 0 Å². The van der Waals surface area contributed by atoms with Gasteiger partial charge in [-0.1, -0.05) is 0 Å². The van der Waals surface area contributed by atoms with Gasteiger partial charge in [0.15, 0.2) is 6.61 Å². The highest BCUT2D eigenvalue weighted by Gasteiger charge is 2.17. The first-order valence-electron chi connectivity index (χ1n) is 4.01. The lowest BCUT2D eigenvalue weighted by Crippen LogP contribution is -2.03. The highest BCUT2D eigenvalue weighted by molar-refractivity contribution is 5.66. The van der Waals surface area contributed by atoms with Gasteiger partial charge >= 0.3 is 12.1 Å². The summed E-state index contributed by atoms with van der Waals surface area (Å²) in [6.07, 6.45) is 0.772. The summed E-state index contributed by atoms with van der Waals surface area (Å²) in [5, 5.41) is 8.27. The summed E-state index contributed by atoms with van der Waals surface area (Å²) in [6, 6.07) is 0. The van der Waals surface area contributed by atoms with Gasteiger partial charge in [0.2, 0.25) is 0 Å². The molecule has 6 heteroatoms. The zero-order valence-electron chi connectivity index (χ0n) is 7.39. The Hall–Kier alpha value is -1.56. The molecule has 1 N–H and O–H groups in total. The lowest BCUT2D eigenvalue weighted by molar-refractivity contribution is -0.138. The molecule has 78 valence electrons. The van der Waals surface area contributed by atoms with Crippen molar-refractivity contribution in [2.24, 2.45) is 0 Å². The zero-order chi connectivity index (χ0) is 10.4. The number of ether oxygens (including phenoxy) is 3. The number of carboxylic acids is 1. The number of aliphatic carboxylic acids is 1. The van der Waals surface area contributed by atoms with Gasteiger partial charge in [-0.05, 0) is 6.08 Å². The molecule has 1 rings (SSSR count). The second-order valence-electron chi connectivity index (χ2n) is 2.53. The lowest BCUT2D eigenvalue weighted by Gasteiger charge is -1.97. The van der Waals surface area contributed by atoms with Crippen LogP contribution in [0.2, 0.25) is 0 Å². The molecule has 0 atom stereocenters. The summed E-state index contributed by atoms with van der Waals surface area (Å²) < 4.78 is 14.0. The van der Waals surface area contributed by atoms with E-state index >= 15 is 0 Å². The largest absolute Gasteiger partial charge is 0.514 e. The molecule has 0 aromatic rings. The molecule has 0 aromatic carbocycles. The van der Waals surface area contributed by atoms with E-state index in [-0.39, 0.29) is 26.2 Å². The van der Waals surface area contributed by atoms with Crippen molar-refractivity contribution in [3.63, 3.8) is 0 Å². The number of cyclic esters (lactones) is 2. The molecule has 0 aliphatic carbocycles. The van der Waals surface area contributed by atoms with E-state index in [4.69, 9.17) is 9.84 Å². The van der Waals surface area contributed by atoms with E-state index in [2.05, 4.69) is 9.47 Å². The molecule has 0 amide bonds. The van der Waals surface area contributed by atoms with Crippen LogP contribution < -0.4 is 0 Å². The number of hydrogen-bond acceptors (Lipinski definition) is 5. The predicted octanol–water partition coefficient (Wildman–Crippen LogP) is 0.528. The summed E-state index contributed by atoms with van der Waals surface area (Å²) in [6.45, 7) is 0.453. The zero-order valence-corrected chi connectivity index (χ0v) is 7.39. The highest BCUT2D eigenvalue weighted by Crippen LogP contribution is 2.08. The predicted molar refractivity (Wildman–Crippen MR) is 43.6 cm³/mol. The van der Waals surface area contributed by atoms with E-state index in [0.29, 0.717) is 5.76 Å². The van der Waals surface area contributed by atoms with E-state index in [1.807, 2.05) is 0 Å². The summed E-state index contributed by atoms with van der Waals surface area (Å²) in [5.41, 5.74) is 0. The first-order chi connectivity index (χ1) is 6.68. The third kappa shape index (κ3) is 3.90. The Morgan fingerprint density at radius 2 is 2.43 bits per heavy atom. The summed E-state index contributed by atoms with van der Waals surface area (Å²) >= 11 is 0. The Balaban J connectivity index is 2.08. The Kier molecular flexibility index (Phi) is 3.93. The molecule has 6 nitrogen and oxygen atoms in total. The Labute approximate surface area is 80.1 Å². The van der Waals surface area contributed by atoms with Crippen molar-refractivity contribution < 1.29 is 28.9 Å². The fourth-order valence-corrected chi connectivity index (χ4v) is 0.791. The van der Waals surface area contributed by atoms with Gasteiger partial charge in [0.1, 0.15) is 5.76 Å². The molecular weight excluding hydrogens is 192 g/mol. The van der Waals surface area contributed by atoms with E-state index in [1.54, 1.807) is 0 Å². The van der Waals surface area contributed by atoms with Crippen LogP contribution in [0.25, 0.3) is 0 Å². The minimum Gasteiger partial charge on any atom is -0.481 e. The maximum Gasteiger partial charge on any atom is 0.514 e.